The van der Waals surface area contributed by atoms with Crippen molar-refractivity contribution in [2.24, 2.45) is 0 Å². The van der Waals surface area contributed by atoms with Crippen LogP contribution in [-0.2, 0) is 6.42 Å². The second-order valence-electron chi connectivity index (χ2n) is 4.19. The molecule has 0 aromatic heterocycles. The molecular weight excluding hydrogens is 330 g/mol. The lowest BCUT2D eigenvalue weighted by Gasteiger charge is -2.08. The number of rotatable bonds is 4. The lowest BCUT2D eigenvalue weighted by Crippen LogP contribution is -2.05. The Kier molecular flexibility index (Phi) is 4.49. The fraction of sp³-hybridized carbons (Fsp3) is 0.133. The molecule has 0 fully saturated rings. The number of methoxy groups -OCH3 is 1. The highest BCUT2D eigenvalue weighted by Crippen LogP contribution is 2.27. The van der Waals surface area contributed by atoms with Crippen LogP contribution in [0.1, 0.15) is 15.9 Å². The standard InChI is InChI=1S/C15H11BrF2O2/c1-20-15-7-10(12(16)8-13(15)18)6-14(19)9-2-4-11(17)5-3-9/h2-5,7-8H,6H2,1H3. The highest BCUT2D eigenvalue weighted by molar-refractivity contribution is 9.10. The van der Waals surface area contributed by atoms with Gasteiger partial charge >= 0.3 is 0 Å². The molecule has 0 N–H and O–H groups in total. The lowest BCUT2D eigenvalue weighted by atomic mass is 10.0. The summed E-state index contributed by atoms with van der Waals surface area (Å²) in [6.07, 6.45) is 0.0723. The van der Waals surface area contributed by atoms with Crippen molar-refractivity contribution in [2.45, 2.75) is 6.42 Å². The third kappa shape index (κ3) is 3.22. The van der Waals surface area contributed by atoms with Crippen molar-refractivity contribution >= 4 is 21.7 Å². The van der Waals surface area contributed by atoms with Crippen molar-refractivity contribution in [1.82, 2.24) is 0 Å². The van der Waals surface area contributed by atoms with Gasteiger partial charge in [-0.15, -0.1) is 0 Å². The van der Waals surface area contributed by atoms with Crippen LogP contribution in [-0.4, -0.2) is 12.9 Å². The van der Waals surface area contributed by atoms with Gasteiger partial charge in [-0.25, -0.2) is 8.78 Å². The van der Waals surface area contributed by atoms with Gasteiger partial charge in [0.1, 0.15) is 5.82 Å². The van der Waals surface area contributed by atoms with Gasteiger partial charge in [-0.05, 0) is 42.0 Å². The van der Waals surface area contributed by atoms with E-state index >= 15 is 0 Å². The Labute approximate surface area is 123 Å². The Balaban J connectivity index is 2.25. The van der Waals surface area contributed by atoms with E-state index in [0.717, 1.165) is 0 Å². The molecular formula is C15H11BrF2O2. The Bertz CT molecular complexity index is 639. The smallest absolute Gasteiger partial charge is 0.167 e. The molecule has 20 heavy (non-hydrogen) atoms. The van der Waals surface area contributed by atoms with Gasteiger partial charge in [0.05, 0.1) is 7.11 Å². The molecule has 0 atom stereocenters. The first kappa shape index (κ1) is 14.7. The van der Waals surface area contributed by atoms with Crippen LogP contribution in [0.15, 0.2) is 40.9 Å². The van der Waals surface area contributed by atoms with E-state index in [-0.39, 0.29) is 18.0 Å². The minimum atomic E-state index is -0.502. The molecule has 0 aliphatic carbocycles. The number of carbonyl (C=O) groups is 1. The second kappa shape index (κ2) is 6.13. The van der Waals surface area contributed by atoms with E-state index in [1.54, 1.807) is 0 Å². The Morgan fingerprint density at radius 1 is 1.20 bits per heavy atom. The van der Waals surface area contributed by atoms with Crippen LogP contribution in [0, 0.1) is 11.6 Å². The van der Waals surface area contributed by atoms with E-state index in [4.69, 9.17) is 4.74 Å². The largest absolute Gasteiger partial charge is 0.494 e. The third-order valence-corrected chi connectivity index (χ3v) is 3.58. The molecule has 2 nitrogen and oxygen atoms in total. The fourth-order valence-electron chi connectivity index (χ4n) is 1.77. The minimum absolute atomic E-state index is 0.0723. The van der Waals surface area contributed by atoms with Crippen molar-refractivity contribution in [2.75, 3.05) is 7.11 Å². The van der Waals surface area contributed by atoms with Crippen molar-refractivity contribution < 1.29 is 18.3 Å². The fourth-order valence-corrected chi connectivity index (χ4v) is 2.23. The van der Waals surface area contributed by atoms with Gasteiger partial charge in [0.15, 0.2) is 17.3 Å². The number of hydrogen-bond donors (Lipinski definition) is 0. The zero-order valence-electron chi connectivity index (χ0n) is 10.6. The van der Waals surface area contributed by atoms with Crippen LogP contribution in [0.3, 0.4) is 0 Å². The number of hydrogen-bond acceptors (Lipinski definition) is 2. The quantitative estimate of drug-likeness (QED) is 0.781. The number of Topliss-reactive ketones (excluding diaryl/α,β-unsaturated/α-hetero) is 1. The normalized spacial score (nSPS) is 10.4. The summed E-state index contributed by atoms with van der Waals surface area (Å²) in [5.41, 5.74) is 1.01. The first-order valence-corrected chi connectivity index (χ1v) is 6.61. The monoisotopic (exact) mass is 340 g/mol. The topological polar surface area (TPSA) is 26.3 Å². The van der Waals surface area contributed by atoms with E-state index in [0.29, 0.717) is 15.6 Å². The summed E-state index contributed by atoms with van der Waals surface area (Å²) in [6.45, 7) is 0. The second-order valence-corrected chi connectivity index (χ2v) is 5.04. The van der Waals surface area contributed by atoms with Gasteiger partial charge in [-0.2, -0.15) is 0 Å². The zero-order chi connectivity index (χ0) is 14.7. The lowest BCUT2D eigenvalue weighted by molar-refractivity contribution is 0.0992. The predicted octanol–water partition coefficient (Wildman–Crippen LogP) is 4.16. The maximum absolute atomic E-state index is 13.5. The van der Waals surface area contributed by atoms with Crippen molar-refractivity contribution in [3.05, 3.63) is 63.6 Å². The first-order valence-electron chi connectivity index (χ1n) is 5.82. The van der Waals surface area contributed by atoms with Crippen molar-refractivity contribution in [3.8, 4) is 5.75 Å². The van der Waals surface area contributed by atoms with Gasteiger partial charge in [0.2, 0.25) is 0 Å². The summed E-state index contributed by atoms with van der Waals surface area (Å²) in [6, 6.07) is 8.03. The maximum atomic E-state index is 13.5. The molecule has 0 aliphatic rings. The van der Waals surface area contributed by atoms with Gasteiger partial charge < -0.3 is 4.74 Å². The third-order valence-electron chi connectivity index (χ3n) is 2.84. The Hall–Kier alpha value is -1.75. The van der Waals surface area contributed by atoms with Crippen molar-refractivity contribution in [3.63, 3.8) is 0 Å². The summed E-state index contributed by atoms with van der Waals surface area (Å²) in [5.74, 6) is -1.00. The summed E-state index contributed by atoms with van der Waals surface area (Å²) >= 11 is 3.22. The highest BCUT2D eigenvalue weighted by atomic mass is 79.9. The summed E-state index contributed by atoms with van der Waals surface area (Å²) < 4.78 is 31.6. The molecule has 0 bridgehead atoms. The number of benzene rings is 2. The van der Waals surface area contributed by atoms with Crippen LogP contribution < -0.4 is 4.74 Å². The van der Waals surface area contributed by atoms with E-state index in [1.165, 1.54) is 43.5 Å². The molecule has 0 heterocycles. The van der Waals surface area contributed by atoms with Crippen LogP contribution >= 0.6 is 15.9 Å². The SMILES string of the molecule is COc1cc(CC(=O)c2ccc(F)cc2)c(Br)cc1F. The molecule has 2 aromatic rings. The molecule has 0 radical (unpaired) electrons. The number of ketones is 1. The molecule has 2 rings (SSSR count). The van der Waals surface area contributed by atoms with Gasteiger partial charge in [0, 0.05) is 16.5 Å². The Morgan fingerprint density at radius 2 is 1.85 bits per heavy atom. The summed E-state index contributed by atoms with van der Waals surface area (Å²) in [4.78, 5) is 12.1. The zero-order valence-corrected chi connectivity index (χ0v) is 12.2. The van der Waals surface area contributed by atoms with Gasteiger partial charge in [-0.1, -0.05) is 15.9 Å². The van der Waals surface area contributed by atoms with Crippen molar-refractivity contribution in [1.29, 1.82) is 0 Å². The van der Waals surface area contributed by atoms with Crippen LogP contribution in [0.25, 0.3) is 0 Å². The summed E-state index contributed by atoms with van der Waals surface area (Å²) in [7, 11) is 1.36. The number of halogens is 3. The minimum Gasteiger partial charge on any atom is -0.494 e. The first-order chi connectivity index (χ1) is 9.51. The van der Waals surface area contributed by atoms with Crippen LogP contribution in [0.5, 0.6) is 5.75 Å². The van der Waals surface area contributed by atoms with E-state index in [2.05, 4.69) is 15.9 Å². The molecule has 5 heteroatoms. The van der Waals surface area contributed by atoms with E-state index in [9.17, 15) is 13.6 Å². The van der Waals surface area contributed by atoms with E-state index < -0.39 is 11.6 Å². The predicted molar refractivity (Wildman–Crippen MR) is 75.1 cm³/mol. The molecule has 0 saturated carbocycles. The number of ether oxygens (including phenoxy) is 1. The molecule has 2 aromatic carbocycles. The molecule has 0 spiro atoms. The Morgan fingerprint density at radius 3 is 2.45 bits per heavy atom. The number of carbonyl (C=O) groups excluding carboxylic acids is 1. The highest BCUT2D eigenvalue weighted by Gasteiger charge is 2.13. The summed E-state index contributed by atoms with van der Waals surface area (Å²) in [5, 5.41) is 0. The molecule has 0 amide bonds. The van der Waals surface area contributed by atoms with Crippen LogP contribution in [0.4, 0.5) is 8.78 Å². The average Bonchev–Trinajstić information content (AvgIpc) is 2.42. The van der Waals surface area contributed by atoms with Gasteiger partial charge in [-0.3, -0.25) is 4.79 Å². The van der Waals surface area contributed by atoms with Gasteiger partial charge in [0.25, 0.3) is 0 Å². The van der Waals surface area contributed by atoms with Crippen LogP contribution in [0.2, 0.25) is 0 Å². The molecule has 0 aliphatic heterocycles. The molecule has 0 unspecified atom stereocenters. The maximum Gasteiger partial charge on any atom is 0.167 e. The molecule has 104 valence electrons. The molecule has 0 saturated heterocycles. The average molecular weight is 341 g/mol. The van der Waals surface area contributed by atoms with E-state index in [1.807, 2.05) is 0 Å².